The number of aromatic nitrogens is 3. The van der Waals surface area contributed by atoms with Crippen LogP contribution in [0.4, 0.5) is 4.79 Å². The summed E-state index contributed by atoms with van der Waals surface area (Å²) in [5.41, 5.74) is 0. The Morgan fingerprint density at radius 2 is 2.21 bits per heavy atom. The molecule has 0 saturated carbocycles. The van der Waals surface area contributed by atoms with Crippen molar-refractivity contribution in [1.29, 1.82) is 0 Å². The fourth-order valence-corrected chi connectivity index (χ4v) is 1.52. The molecule has 0 bridgehead atoms. The maximum Gasteiger partial charge on any atom is 0.323 e. The Labute approximate surface area is 111 Å². The normalized spacial score (nSPS) is 10.5. The van der Waals surface area contributed by atoms with Crippen LogP contribution in [0, 0.1) is 0 Å². The molecule has 0 unspecified atom stereocenters. The van der Waals surface area contributed by atoms with E-state index in [2.05, 4.69) is 15.4 Å². The average molecular weight is 269 g/mol. The number of aliphatic carboxylic acids is 1. The summed E-state index contributed by atoms with van der Waals surface area (Å²) in [4.78, 5) is 27.8. The Hall–Kier alpha value is -2.12. The molecular formula is C11H19N5O3. The smallest absolute Gasteiger partial charge is 0.323 e. The summed E-state index contributed by atoms with van der Waals surface area (Å²) in [6.45, 7) is 3.59. The number of rotatable bonds is 6. The van der Waals surface area contributed by atoms with Gasteiger partial charge in [-0.2, -0.15) is 5.10 Å². The highest BCUT2D eigenvalue weighted by Crippen LogP contribution is 1.98. The Morgan fingerprint density at radius 1 is 1.53 bits per heavy atom. The molecule has 106 valence electrons. The number of nitrogens with zero attached hydrogens (tertiary/aromatic N) is 4. The van der Waals surface area contributed by atoms with Crippen LogP contribution in [0.25, 0.3) is 0 Å². The SMILES string of the molecule is CC(C)N(CC(=O)O)C(=O)NCCc1ncn(C)n1. The third-order valence-corrected chi connectivity index (χ3v) is 2.46. The summed E-state index contributed by atoms with van der Waals surface area (Å²) in [6, 6.07) is -0.572. The quantitative estimate of drug-likeness (QED) is 0.748. The lowest BCUT2D eigenvalue weighted by atomic mass is 10.3. The van der Waals surface area contributed by atoms with E-state index < -0.39 is 12.0 Å². The van der Waals surface area contributed by atoms with E-state index in [1.54, 1.807) is 31.9 Å². The molecule has 1 rings (SSSR count). The Morgan fingerprint density at radius 3 is 2.68 bits per heavy atom. The van der Waals surface area contributed by atoms with Crippen LogP contribution >= 0.6 is 0 Å². The molecule has 0 aliphatic rings. The van der Waals surface area contributed by atoms with Gasteiger partial charge in [0.15, 0.2) is 5.82 Å². The molecule has 0 radical (unpaired) electrons. The van der Waals surface area contributed by atoms with Gasteiger partial charge in [-0.15, -0.1) is 0 Å². The summed E-state index contributed by atoms with van der Waals surface area (Å²) in [7, 11) is 1.77. The zero-order chi connectivity index (χ0) is 14.4. The number of hydrogen-bond donors (Lipinski definition) is 2. The van der Waals surface area contributed by atoms with Crippen molar-refractivity contribution in [3.8, 4) is 0 Å². The largest absolute Gasteiger partial charge is 0.480 e. The predicted molar refractivity (Wildman–Crippen MR) is 67.6 cm³/mol. The van der Waals surface area contributed by atoms with Crippen molar-refractivity contribution in [3.63, 3.8) is 0 Å². The van der Waals surface area contributed by atoms with Gasteiger partial charge in [0, 0.05) is 26.1 Å². The van der Waals surface area contributed by atoms with Gasteiger partial charge in [0.1, 0.15) is 12.9 Å². The van der Waals surface area contributed by atoms with Crippen molar-refractivity contribution in [3.05, 3.63) is 12.2 Å². The van der Waals surface area contributed by atoms with Crippen molar-refractivity contribution in [2.45, 2.75) is 26.3 Å². The molecule has 2 N–H and O–H groups in total. The second kappa shape index (κ2) is 6.72. The van der Waals surface area contributed by atoms with Crippen molar-refractivity contribution >= 4 is 12.0 Å². The second-order valence-corrected chi connectivity index (χ2v) is 4.43. The van der Waals surface area contributed by atoms with Crippen molar-refractivity contribution in [2.24, 2.45) is 7.05 Å². The van der Waals surface area contributed by atoms with Gasteiger partial charge >= 0.3 is 12.0 Å². The zero-order valence-electron chi connectivity index (χ0n) is 11.3. The predicted octanol–water partition coefficient (Wildman–Crippen LogP) is -0.138. The molecule has 1 heterocycles. The molecular weight excluding hydrogens is 250 g/mol. The van der Waals surface area contributed by atoms with Crippen LogP contribution in [0.2, 0.25) is 0 Å². The van der Waals surface area contributed by atoms with E-state index in [0.717, 1.165) is 0 Å². The molecule has 0 spiro atoms. The second-order valence-electron chi connectivity index (χ2n) is 4.43. The maximum absolute atomic E-state index is 11.8. The Kier molecular flexibility index (Phi) is 5.28. The molecule has 8 heteroatoms. The first kappa shape index (κ1) is 14.9. The average Bonchev–Trinajstić information content (AvgIpc) is 2.71. The molecule has 2 amide bonds. The molecule has 1 aromatic rings. The monoisotopic (exact) mass is 269 g/mol. The third-order valence-electron chi connectivity index (χ3n) is 2.46. The molecule has 0 atom stereocenters. The van der Waals surface area contributed by atoms with Crippen molar-refractivity contribution in [2.75, 3.05) is 13.1 Å². The first-order valence-electron chi connectivity index (χ1n) is 6.01. The molecule has 0 aromatic carbocycles. The number of carboxylic acids is 1. The fraction of sp³-hybridized carbons (Fsp3) is 0.636. The van der Waals surface area contributed by atoms with E-state index in [9.17, 15) is 9.59 Å². The number of aryl methyl sites for hydroxylation is 1. The van der Waals surface area contributed by atoms with Gasteiger partial charge in [-0.25, -0.2) is 9.78 Å². The van der Waals surface area contributed by atoms with E-state index in [-0.39, 0.29) is 12.6 Å². The van der Waals surface area contributed by atoms with E-state index in [1.165, 1.54) is 4.90 Å². The highest BCUT2D eigenvalue weighted by atomic mass is 16.4. The topological polar surface area (TPSA) is 100 Å². The molecule has 0 fully saturated rings. The van der Waals surface area contributed by atoms with E-state index in [0.29, 0.717) is 18.8 Å². The molecule has 0 saturated heterocycles. The number of carboxylic acid groups (broad SMARTS) is 1. The number of carbonyl (C=O) groups excluding carboxylic acids is 1. The molecule has 0 aliphatic carbocycles. The minimum atomic E-state index is -1.03. The summed E-state index contributed by atoms with van der Waals surface area (Å²) in [5, 5.41) is 15.5. The van der Waals surface area contributed by atoms with Gasteiger partial charge in [-0.1, -0.05) is 0 Å². The molecule has 19 heavy (non-hydrogen) atoms. The van der Waals surface area contributed by atoms with Gasteiger partial charge < -0.3 is 15.3 Å². The minimum Gasteiger partial charge on any atom is -0.480 e. The van der Waals surface area contributed by atoms with E-state index >= 15 is 0 Å². The number of carbonyl (C=O) groups is 2. The van der Waals surface area contributed by atoms with Crippen molar-refractivity contribution < 1.29 is 14.7 Å². The standard InChI is InChI=1S/C11H19N5O3/c1-8(2)16(6-10(17)18)11(19)12-5-4-9-13-7-15(3)14-9/h7-8H,4-6H2,1-3H3,(H,12,19)(H,17,18). The van der Waals surface area contributed by atoms with Crippen LogP contribution < -0.4 is 5.32 Å². The van der Waals surface area contributed by atoms with E-state index in [4.69, 9.17) is 5.11 Å². The lowest BCUT2D eigenvalue weighted by Gasteiger charge is -2.24. The first-order chi connectivity index (χ1) is 8.90. The number of urea groups is 1. The number of nitrogens with one attached hydrogen (secondary N) is 1. The zero-order valence-corrected chi connectivity index (χ0v) is 11.3. The summed E-state index contributed by atoms with van der Waals surface area (Å²) >= 11 is 0. The van der Waals surface area contributed by atoms with Crippen LogP contribution in [0.3, 0.4) is 0 Å². The number of amides is 2. The van der Waals surface area contributed by atoms with Gasteiger partial charge in [0.05, 0.1) is 0 Å². The highest BCUT2D eigenvalue weighted by Gasteiger charge is 2.19. The molecule has 1 aromatic heterocycles. The van der Waals surface area contributed by atoms with Gasteiger partial charge in [-0.3, -0.25) is 9.48 Å². The third kappa shape index (κ3) is 4.94. The molecule has 0 aliphatic heterocycles. The van der Waals surface area contributed by atoms with E-state index in [1.807, 2.05) is 0 Å². The van der Waals surface area contributed by atoms with Gasteiger partial charge in [0.25, 0.3) is 0 Å². The Balaban J connectivity index is 2.42. The maximum atomic E-state index is 11.8. The summed E-state index contributed by atoms with van der Waals surface area (Å²) < 4.78 is 1.59. The summed E-state index contributed by atoms with van der Waals surface area (Å²) in [6.07, 6.45) is 2.09. The van der Waals surface area contributed by atoms with Crippen LogP contribution in [-0.4, -0.2) is 55.9 Å². The van der Waals surface area contributed by atoms with Gasteiger partial charge in [-0.05, 0) is 13.8 Å². The first-order valence-corrected chi connectivity index (χ1v) is 6.01. The fourth-order valence-electron chi connectivity index (χ4n) is 1.52. The number of hydrogen-bond acceptors (Lipinski definition) is 4. The summed E-state index contributed by atoms with van der Waals surface area (Å²) in [5.74, 6) is -0.396. The lowest BCUT2D eigenvalue weighted by Crippen LogP contribution is -2.47. The molecule has 8 nitrogen and oxygen atoms in total. The Bertz CT molecular complexity index is 443. The van der Waals surface area contributed by atoms with Crippen LogP contribution in [0.15, 0.2) is 6.33 Å². The lowest BCUT2D eigenvalue weighted by molar-refractivity contribution is -0.138. The van der Waals surface area contributed by atoms with Crippen LogP contribution in [-0.2, 0) is 18.3 Å². The van der Waals surface area contributed by atoms with Crippen molar-refractivity contribution in [1.82, 2.24) is 25.0 Å². The minimum absolute atomic E-state index is 0.177. The van der Waals surface area contributed by atoms with Gasteiger partial charge in [0.2, 0.25) is 0 Å². The van der Waals surface area contributed by atoms with Crippen LogP contribution in [0.1, 0.15) is 19.7 Å². The highest BCUT2D eigenvalue weighted by molar-refractivity contribution is 5.80. The van der Waals surface area contributed by atoms with Crippen LogP contribution in [0.5, 0.6) is 0 Å².